The number of ether oxygens (including phenoxy) is 1. The molecular weight excluding hydrogens is 340 g/mol. The second-order valence-electron chi connectivity index (χ2n) is 6.27. The van der Waals surface area contributed by atoms with Gasteiger partial charge in [-0.15, -0.1) is 0 Å². The molecule has 0 unspecified atom stereocenters. The molecule has 0 aliphatic carbocycles. The van der Waals surface area contributed by atoms with Gasteiger partial charge in [0.1, 0.15) is 12.3 Å². The molecule has 0 bridgehead atoms. The van der Waals surface area contributed by atoms with Crippen molar-refractivity contribution in [2.45, 2.75) is 25.3 Å². The lowest BCUT2D eigenvalue weighted by atomic mass is 10.1. The number of aryl methyl sites for hydroxylation is 1. The Morgan fingerprint density at radius 1 is 1.08 bits per heavy atom. The van der Waals surface area contributed by atoms with E-state index in [1.54, 1.807) is 0 Å². The van der Waals surface area contributed by atoms with E-state index in [-0.39, 0.29) is 0 Å². The molecule has 0 radical (unpaired) electrons. The first-order valence-corrected chi connectivity index (χ1v) is 9.84. The van der Waals surface area contributed by atoms with Crippen LogP contribution < -0.4 is 14.2 Å². The first kappa shape index (κ1) is 17.0. The number of benzene rings is 2. The summed E-state index contributed by atoms with van der Waals surface area (Å²) in [6.45, 7) is 5.82. The van der Waals surface area contributed by atoms with Gasteiger partial charge in [0.15, 0.2) is 0 Å². The number of pyridine rings is 1. The van der Waals surface area contributed by atoms with E-state index < -0.39 is 0 Å². The summed E-state index contributed by atoms with van der Waals surface area (Å²) in [4.78, 5) is 3.58. The molecule has 0 amide bonds. The molecule has 2 heterocycles. The molecule has 132 valence electrons. The molecule has 1 aliphatic rings. The number of hydrogen-bond acceptors (Lipinski definition) is 3. The van der Waals surface area contributed by atoms with Crippen molar-refractivity contribution in [3.63, 3.8) is 0 Å². The summed E-state index contributed by atoms with van der Waals surface area (Å²) in [5, 5.41) is 2.45. The zero-order chi connectivity index (χ0) is 18.1. The number of fused-ring (bicyclic) bond motifs is 2. The predicted octanol–water partition coefficient (Wildman–Crippen LogP) is 5.09. The standard InChI is InChI=1S/C22H23N2OS/c1-4-24-17(11-10-16-14-18(25-5-2)12-13-19(16)24)15-22-23(3)20-8-6-7-9-21(20)26-22/h6-15H,4-5H2,1-3H3/q+1. The molecule has 4 heteroatoms. The summed E-state index contributed by atoms with van der Waals surface area (Å²) in [5.41, 5.74) is 3.72. The molecule has 0 saturated carbocycles. The zero-order valence-electron chi connectivity index (χ0n) is 15.4. The first-order valence-electron chi connectivity index (χ1n) is 9.03. The smallest absolute Gasteiger partial charge is 0.213 e. The number of aromatic nitrogens is 1. The Balaban J connectivity index is 1.77. The second-order valence-corrected chi connectivity index (χ2v) is 7.33. The summed E-state index contributed by atoms with van der Waals surface area (Å²) >= 11 is 1.83. The van der Waals surface area contributed by atoms with Crippen LogP contribution in [0, 0.1) is 0 Å². The maximum atomic E-state index is 5.64. The number of nitrogens with zero attached hydrogens (tertiary/aromatic N) is 2. The van der Waals surface area contributed by atoms with E-state index in [2.05, 4.69) is 84.1 Å². The Bertz CT molecular complexity index is 997. The van der Waals surface area contributed by atoms with Gasteiger partial charge in [0.25, 0.3) is 0 Å². The highest BCUT2D eigenvalue weighted by Gasteiger charge is 2.23. The summed E-state index contributed by atoms with van der Waals surface area (Å²) in [7, 11) is 2.14. The lowest BCUT2D eigenvalue weighted by molar-refractivity contribution is -0.669. The third-order valence-corrected chi connectivity index (χ3v) is 5.87. The molecule has 0 atom stereocenters. The summed E-state index contributed by atoms with van der Waals surface area (Å²) in [6, 6.07) is 19.3. The van der Waals surface area contributed by atoms with Crippen molar-refractivity contribution in [3.05, 3.63) is 65.3 Å². The van der Waals surface area contributed by atoms with E-state index in [1.165, 1.54) is 32.2 Å². The number of rotatable bonds is 4. The largest absolute Gasteiger partial charge is 0.494 e. The fourth-order valence-corrected chi connectivity index (χ4v) is 4.52. The fraction of sp³-hybridized carbons (Fsp3) is 0.227. The summed E-state index contributed by atoms with van der Waals surface area (Å²) in [5.74, 6) is 0.926. The van der Waals surface area contributed by atoms with Crippen molar-refractivity contribution in [2.75, 3.05) is 18.6 Å². The molecule has 0 saturated heterocycles. The zero-order valence-corrected chi connectivity index (χ0v) is 16.2. The molecular formula is C22H23N2OS+. The summed E-state index contributed by atoms with van der Waals surface area (Å²) in [6.07, 6.45) is 2.28. The highest BCUT2D eigenvalue weighted by molar-refractivity contribution is 8.03. The molecule has 3 nitrogen and oxygen atoms in total. The van der Waals surface area contributed by atoms with E-state index in [0.29, 0.717) is 6.61 Å². The Morgan fingerprint density at radius 2 is 1.92 bits per heavy atom. The van der Waals surface area contributed by atoms with Gasteiger partial charge in [-0.2, -0.15) is 4.57 Å². The average molecular weight is 364 g/mol. The van der Waals surface area contributed by atoms with Crippen molar-refractivity contribution in [1.82, 2.24) is 0 Å². The molecule has 4 rings (SSSR count). The Kier molecular flexibility index (Phi) is 4.60. The molecule has 0 fully saturated rings. The van der Waals surface area contributed by atoms with Gasteiger partial charge in [-0.1, -0.05) is 23.9 Å². The second kappa shape index (κ2) is 7.04. The van der Waals surface area contributed by atoms with E-state index in [0.717, 1.165) is 12.3 Å². The lowest BCUT2D eigenvalue weighted by Gasteiger charge is -2.13. The maximum absolute atomic E-state index is 5.64. The van der Waals surface area contributed by atoms with Crippen LogP contribution in [0.3, 0.4) is 0 Å². The van der Waals surface area contributed by atoms with Gasteiger partial charge in [0.05, 0.1) is 22.7 Å². The third kappa shape index (κ3) is 2.95. The number of anilines is 1. The van der Waals surface area contributed by atoms with Gasteiger partial charge in [0.2, 0.25) is 11.2 Å². The highest BCUT2D eigenvalue weighted by atomic mass is 32.2. The van der Waals surface area contributed by atoms with Crippen LogP contribution in [0.25, 0.3) is 17.0 Å². The maximum Gasteiger partial charge on any atom is 0.213 e. The van der Waals surface area contributed by atoms with Gasteiger partial charge >= 0.3 is 0 Å². The molecule has 0 spiro atoms. The molecule has 1 aromatic heterocycles. The van der Waals surface area contributed by atoms with Crippen LogP contribution in [0.15, 0.2) is 64.5 Å². The van der Waals surface area contributed by atoms with Crippen LogP contribution in [-0.4, -0.2) is 13.7 Å². The lowest BCUT2D eigenvalue weighted by Crippen LogP contribution is -2.36. The molecule has 26 heavy (non-hydrogen) atoms. The Labute approximate surface area is 158 Å². The monoisotopic (exact) mass is 363 g/mol. The normalized spacial score (nSPS) is 14.9. The van der Waals surface area contributed by atoms with Crippen LogP contribution in [-0.2, 0) is 6.54 Å². The van der Waals surface area contributed by atoms with E-state index in [4.69, 9.17) is 4.74 Å². The van der Waals surface area contributed by atoms with Crippen molar-refractivity contribution in [1.29, 1.82) is 0 Å². The van der Waals surface area contributed by atoms with Crippen LogP contribution in [0.4, 0.5) is 5.69 Å². The fourth-order valence-electron chi connectivity index (χ4n) is 3.42. The number of hydrogen-bond donors (Lipinski definition) is 0. The molecule has 2 aromatic carbocycles. The highest BCUT2D eigenvalue weighted by Crippen LogP contribution is 2.45. The van der Waals surface area contributed by atoms with Crippen LogP contribution in [0.2, 0.25) is 0 Å². The molecule has 0 N–H and O–H groups in total. The first-order chi connectivity index (χ1) is 12.7. The number of para-hydroxylation sites is 1. The van der Waals surface area contributed by atoms with Gasteiger partial charge in [-0.3, -0.25) is 0 Å². The molecule has 3 aromatic rings. The molecule has 1 aliphatic heterocycles. The van der Waals surface area contributed by atoms with Crippen molar-refractivity contribution >= 4 is 34.4 Å². The van der Waals surface area contributed by atoms with Gasteiger partial charge in [-0.25, -0.2) is 0 Å². The van der Waals surface area contributed by atoms with Gasteiger partial charge < -0.3 is 9.64 Å². The van der Waals surface area contributed by atoms with Gasteiger partial charge in [-0.05, 0) is 44.2 Å². The van der Waals surface area contributed by atoms with Crippen molar-refractivity contribution in [3.8, 4) is 5.75 Å². The summed E-state index contributed by atoms with van der Waals surface area (Å²) < 4.78 is 8.00. The van der Waals surface area contributed by atoms with Crippen molar-refractivity contribution in [2.24, 2.45) is 0 Å². The van der Waals surface area contributed by atoms with Gasteiger partial charge in [0, 0.05) is 30.2 Å². The van der Waals surface area contributed by atoms with Crippen LogP contribution in [0.1, 0.15) is 19.5 Å². The minimum absolute atomic E-state index is 0.688. The van der Waals surface area contributed by atoms with Crippen LogP contribution in [0.5, 0.6) is 5.75 Å². The topological polar surface area (TPSA) is 16.4 Å². The Morgan fingerprint density at radius 3 is 2.69 bits per heavy atom. The minimum Gasteiger partial charge on any atom is -0.494 e. The van der Waals surface area contributed by atoms with Crippen LogP contribution >= 0.6 is 11.8 Å². The van der Waals surface area contributed by atoms with E-state index >= 15 is 0 Å². The Hall–Kier alpha value is -2.46. The SMILES string of the molecule is CCOc1ccc2c(ccc(C=C3Sc4ccccc4N3C)[n+]2CC)c1. The third-order valence-electron chi connectivity index (χ3n) is 4.71. The average Bonchev–Trinajstić information content (AvgIpc) is 2.98. The quantitative estimate of drug-likeness (QED) is 0.601. The minimum atomic E-state index is 0.688. The number of thioether (sulfide) groups is 1. The van der Waals surface area contributed by atoms with Crippen molar-refractivity contribution < 1.29 is 9.30 Å². The predicted molar refractivity (Wildman–Crippen MR) is 110 cm³/mol. The van der Waals surface area contributed by atoms with E-state index in [9.17, 15) is 0 Å². The van der Waals surface area contributed by atoms with E-state index in [1.807, 2.05) is 18.7 Å².